The summed E-state index contributed by atoms with van der Waals surface area (Å²) in [5.74, 6) is 0.0684. The lowest BCUT2D eigenvalue weighted by Gasteiger charge is -2.08. The van der Waals surface area contributed by atoms with E-state index in [4.69, 9.17) is 0 Å². The number of carbonyl (C=O) groups is 1. The lowest BCUT2D eigenvalue weighted by atomic mass is 10.2. The molecule has 0 unspecified atom stereocenters. The molecular formula is C18H20FN7O. The molecule has 0 aliphatic heterocycles. The molecule has 140 valence electrons. The van der Waals surface area contributed by atoms with Gasteiger partial charge >= 0.3 is 0 Å². The minimum absolute atomic E-state index is 0.0330. The zero-order chi connectivity index (χ0) is 19.4. The van der Waals surface area contributed by atoms with Crippen LogP contribution in [-0.2, 0) is 0 Å². The van der Waals surface area contributed by atoms with E-state index in [2.05, 4.69) is 30.9 Å². The predicted octanol–water partition coefficient (Wildman–Crippen LogP) is 1.96. The molecule has 0 atom stereocenters. The zero-order valence-corrected chi connectivity index (χ0v) is 15.3. The molecule has 0 saturated heterocycles. The quantitative estimate of drug-likeness (QED) is 0.645. The van der Waals surface area contributed by atoms with Crippen LogP contribution >= 0.6 is 0 Å². The third-order valence-corrected chi connectivity index (χ3v) is 4.25. The second-order valence-electron chi connectivity index (χ2n) is 6.02. The standard InChI is InChI=1S/C18H20FN7O/c1-11-12(2)25-26(13(11)3)17-5-4-16(23-24-17)21-8-9-22-18(27)14-6-7-20-10-15(14)19/h4-7,10H,8-9H2,1-3H3,(H,21,23)(H,22,27). The van der Waals surface area contributed by atoms with Crippen LogP contribution in [-0.4, -0.2) is 44.0 Å². The number of nitrogens with one attached hydrogen (secondary N) is 2. The van der Waals surface area contributed by atoms with Gasteiger partial charge in [-0.15, -0.1) is 10.2 Å². The Morgan fingerprint density at radius 1 is 1.15 bits per heavy atom. The van der Waals surface area contributed by atoms with E-state index in [0.717, 1.165) is 23.1 Å². The van der Waals surface area contributed by atoms with Gasteiger partial charge in [0.2, 0.25) is 0 Å². The van der Waals surface area contributed by atoms with Crippen LogP contribution in [0, 0.1) is 26.6 Å². The molecule has 0 spiro atoms. The maximum absolute atomic E-state index is 13.5. The summed E-state index contributed by atoms with van der Waals surface area (Å²) in [7, 11) is 0. The Morgan fingerprint density at radius 2 is 1.96 bits per heavy atom. The lowest BCUT2D eigenvalue weighted by molar-refractivity contribution is 0.0951. The van der Waals surface area contributed by atoms with Crippen molar-refractivity contribution in [2.45, 2.75) is 20.8 Å². The molecule has 0 aliphatic carbocycles. The minimum Gasteiger partial charge on any atom is -0.367 e. The van der Waals surface area contributed by atoms with E-state index < -0.39 is 11.7 Å². The van der Waals surface area contributed by atoms with Crippen molar-refractivity contribution in [2.24, 2.45) is 0 Å². The molecule has 0 radical (unpaired) electrons. The molecule has 8 nitrogen and oxygen atoms in total. The van der Waals surface area contributed by atoms with Crippen molar-refractivity contribution in [1.82, 2.24) is 30.3 Å². The normalized spacial score (nSPS) is 10.7. The van der Waals surface area contributed by atoms with Crippen LogP contribution in [0.3, 0.4) is 0 Å². The summed E-state index contributed by atoms with van der Waals surface area (Å²) in [6.07, 6.45) is 2.38. The number of hydrogen-bond donors (Lipinski definition) is 2. The molecule has 3 aromatic rings. The van der Waals surface area contributed by atoms with Crippen molar-refractivity contribution < 1.29 is 9.18 Å². The van der Waals surface area contributed by atoms with Gasteiger partial charge in [-0.3, -0.25) is 9.78 Å². The van der Waals surface area contributed by atoms with Gasteiger partial charge in [0, 0.05) is 25.0 Å². The van der Waals surface area contributed by atoms with Gasteiger partial charge in [-0.1, -0.05) is 0 Å². The van der Waals surface area contributed by atoms with E-state index in [1.165, 1.54) is 12.3 Å². The second kappa shape index (κ2) is 7.90. The highest BCUT2D eigenvalue weighted by Gasteiger charge is 2.11. The number of hydrogen-bond acceptors (Lipinski definition) is 6. The van der Waals surface area contributed by atoms with Crippen molar-refractivity contribution >= 4 is 11.7 Å². The number of nitrogens with zero attached hydrogens (tertiary/aromatic N) is 5. The Morgan fingerprint density at radius 3 is 2.59 bits per heavy atom. The molecule has 3 rings (SSSR count). The summed E-state index contributed by atoms with van der Waals surface area (Å²) in [6, 6.07) is 4.95. The van der Waals surface area contributed by atoms with E-state index in [-0.39, 0.29) is 5.56 Å². The second-order valence-corrected chi connectivity index (χ2v) is 6.02. The first kappa shape index (κ1) is 18.4. The Bertz CT molecular complexity index is 953. The summed E-state index contributed by atoms with van der Waals surface area (Å²) in [5, 5.41) is 18.4. The fraction of sp³-hybridized carbons (Fsp3) is 0.278. The van der Waals surface area contributed by atoms with Gasteiger partial charge in [0.05, 0.1) is 17.5 Å². The Balaban J connectivity index is 1.53. The van der Waals surface area contributed by atoms with Crippen LogP contribution in [0.4, 0.5) is 10.2 Å². The molecular weight excluding hydrogens is 349 g/mol. The molecule has 2 N–H and O–H groups in total. The van der Waals surface area contributed by atoms with Crippen LogP contribution in [0.25, 0.3) is 5.82 Å². The van der Waals surface area contributed by atoms with E-state index in [9.17, 15) is 9.18 Å². The molecule has 3 heterocycles. The van der Waals surface area contributed by atoms with Crippen molar-refractivity contribution in [2.75, 3.05) is 18.4 Å². The summed E-state index contributed by atoms with van der Waals surface area (Å²) in [5.41, 5.74) is 3.07. The predicted molar refractivity (Wildman–Crippen MR) is 98.4 cm³/mol. The first-order valence-electron chi connectivity index (χ1n) is 8.46. The van der Waals surface area contributed by atoms with Gasteiger partial charge in [-0.25, -0.2) is 9.07 Å². The molecule has 0 aromatic carbocycles. The maximum Gasteiger partial charge on any atom is 0.254 e. The summed E-state index contributed by atoms with van der Waals surface area (Å²) in [4.78, 5) is 15.5. The largest absolute Gasteiger partial charge is 0.367 e. The van der Waals surface area contributed by atoms with Gasteiger partial charge < -0.3 is 10.6 Å². The van der Waals surface area contributed by atoms with Crippen LogP contribution < -0.4 is 10.6 Å². The van der Waals surface area contributed by atoms with E-state index >= 15 is 0 Å². The van der Waals surface area contributed by atoms with Gasteiger partial charge in [0.25, 0.3) is 5.91 Å². The van der Waals surface area contributed by atoms with Crippen LogP contribution in [0.5, 0.6) is 0 Å². The highest BCUT2D eigenvalue weighted by molar-refractivity contribution is 5.94. The number of carbonyl (C=O) groups excluding carboxylic acids is 1. The number of anilines is 1. The summed E-state index contributed by atoms with van der Waals surface area (Å²) >= 11 is 0. The third kappa shape index (κ3) is 4.08. The van der Waals surface area contributed by atoms with Crippen molar-refractivity contribution in [3.8, 4) is 5.82 Å². The minimum atomic E-state index is -0.649. The van der Waals surface area contributed by atoms with Crippen molar-refractivity contribution in [1.29, 1.82) is 0 Å². The monoisotopic (exact) mass is 369 g/mol. The summed E-state index contributed by atoms with van der Waals surface area (Å²) < 4.78 is 15.2. The number of rotatable bonds is 6. The Hall–Kier alpha value is -3.36. The van der Waals surface area contributed by atoms with Crippen molar-refractivity contribution in [3.05, 3.63) is 58.9 Å². The van der Waals surface area contributed by atoms with Crippen molar-refractivity contribution in [3.63, 3.8) is 0 Å². The van der Waals surface area contributed by atoms with Gasteiger partial charge in [0.1, 0.15) is 5.82 Å². The highest BCUT2D eigenvalue weighted by atomic mass is 19.1. The molecule has 3 aromatic heterocycles. The van der Waals surface area contributed by atoms with Gasteiger partial charge in [-0.2, -0.15) is 5.10 Å². The summed E-state index contributed by atoms with van der Waals surface area (Å²) in [6.45, 7) is 6.68. The van der Waals surface area contributed by atoms with Crippen LogP contribution in [0.2, 0.25) is 0 Å². The third-order valence-electron chi connectivity index (χ3n) is 4.25. The lowest BCUT2D eigenvalue weighted by Crippen LogP contribution is -2.29. The molecule has 1 amide bonds. The number of halogens is 1. The highest BCUT2D eigenvalue weighted by Crippen LogP contribution is 2.15. The SMILES string of the molecule is Cc1nn(-c2ccc(NCCNC(=O)c3ccncc3F)nn2)c(C)c1C. The topological polar surface area (TPSA) is 97.6 Å². The first-order valence-corrected chi connectivity index (χ1v) is 8.46. The number of aromatic nitrogens is 5. The van der Waals surface area contributed by atoms with Gasteiger partial charge in [0.15, 0.2) is 11.6 Å². The molecule has 9 heteroatoms. The van der Waals surface area contributed by atoms with Crippen LogP contribution in [0.15, 0.2) is 30.6 Å². The average Bonchev–Trinajstić information content (AvgIpc) is 2.93. The molecule has 27 heavy (non-hydrogen) atoms. The molecule has 0 bridgehead atoms. The van der Waals surface area contributed by atoms with Gasteiger partial charge in [-0.05, 0) is 44.5 Å². The Kier molecular flexibility index (Phi) is 5.39. The number of pyridine rings is 1. The van der Waals surface area contributed by atoms with E-state index in [0.29, 0.717) is 24.7 Å². The Labute approximate surface area is 155 Å². The fourth-order valence-electron chi connectivity index (χ4n) is 2.50. The molecule has 0 fully saturated rings. The molecule has 0 aliphatic rings. The molecule has 0 saturated carbocycles. The fourth-order valence-corrected chi connectivity index (χ4v) is 2.50. The zero-order valence-electron chi connectivity index (χ0n) is 15.3. The van der Waals surface area contributed by atoms with Crippen LogP contribution in [0.1, 0.15) is 27.3 Å². The number of aryl methyl sites for hydroxylation is 1. The first-order chi connectivity index (χ1) is 13.0. The van der Waals surface area contributed by atoms with E-state index in [1.807, 2.05) is 26.8 Å². The van der Waals surface area contributed by atoms with E-state index in [1.54, 1.807) is 10.7 Å². The average molecular weight is 369 g/mol. The maximum atomic E-state index is 13.5. The smallest absolute Gasteiger partial charge is 0.254 e. The number of amides is 1.